The van der Waals surface area contributed by atoms with Gasteiger partial charge in [-0.05, 0) is 109 Å². The Labute approximate surface area is 261 Å². The lowest BCUT2D eigenvalue weighted by atomic mass is 9.94. The van der Waals surface area contributed by atoms with Crippen LogP contribution in [0.25, 0.3) is 93.5 Å². The molecule has 45 heavy (non-hydrogen) atoms. The van der Waals surface area contributed by atoms with E-state index in [0.29, 0.717) is 0 Å². The Morgan fingerprint density at radius 2 is 0.978 bits per heavy atom. The van der Waals surface area contributed by atoms with Crippen LogP contribution in [0.5, 0.6) is 0 Å². The summed E-state index contributed by atoms with van der Waals surface area (Å²) < 4.78 is 2.38. The van der Waals surface area contributed by atoms with E-state index in [1.54, 1.807) is 0 Å². The number of para-hydroxylation sites is 2. The predicted molar refractivity (Wildman–Crippen MR) is 191 cm³/mol. The SMILES string of the molecule is c1ccc(-n2c3ccccc3c3c4ccc(-c5ccc(-c6cc7c8c(cccc8c6)-c6ccccc6-7)cc5)cc4ccc32)cc1. The topological polar surface area (TPSA) is 4.93 Å². The first-order valence-corrected chi connectivity index (χ1v) is 15.6. The van der Waals surface area contributed by atoms with E-state index in [1.165, 1.54) is 93.5 Å². The van der Waals surface area contributed by atoms with Crippen molar-refractivity contribution < 1.29 is 0 Å². The summed E-state index contributed by atoms with van der Waals surface area (Å²) in [4.78, 5) is 0. The highest BCUT2D eigenvalue weighted by Crippen LogP contribution is 2.48. The molecule has 1 aromatic heterocycles. The molecule has 0 N–H and O–H groups in total. The van der Waals surface area contributed by atoms with Gasteiger partial charge in [0.2, 0.25) is 0 Å². The number of benzene rings is 8. The fourth-order valence-corrected chi connectivity index (χ4v) is 7.67. The van der Waals surface area contributed by atoms with Crippen molar-refractivity contribution in [3.63, 3.8) is 0 Å². The first-order chi connectivity index (χ1) is 22.3. The molecule has 1 nitrogen and oxygen atoms in total. The summed E-state index contributed by atoms with van der Waals surface area (Å²) in [5.74, 6) is 0. The van der Waals surface area contributed by atoms with Crippen molar-refractivity contribution in [2.24, 2.45) is 0 Å². The van der Waals surface area contributed by atoms with Crippen molar-refractivity contribution in [1.29, 1.82) is 0 Å². The van der Waals surface area contributed by atoms with Gasteiger partial charge in [0, 0.05) is 16.5 Å². The van der Waals surface area contributed by atoms with Crippen LogP contribution in [0.4, 0.5) is 0 Å². The lowest BCUT2D eigenvalue weighted by Gasteiger charge is -2.10. The summed E-state index contributed by atoms with van der Waals surface area (Å²) in [6, 6.07) is 60.2. The molecule has 1 heterocycles. The lowest BCUT2D eigenvalue weighted by Crippen LogP contribution is -1.92. The third-order valence-corrected chi connectivity index (χ3v) is 9.70. The third kappa shape index (κ3) is 3.56. The number of hydrogen-bond donors (Lipinski definition) is 0. The average Bonchev–Trinajstić information content (AvgIpc) is 3.62. The molecule has 1 aliphatic carbocycles. The van der Waals surface area contributed by atoms with Crippen LogP contribution in [0, 0.1) is 0 Å². The first-order valence-electron chi connectivity index (χ1n) is 15.6. The second-order valence-corrected chi connectivity index (χ2v) is 12.1. The van der Waals surface area contributed by atoms with Crippen molar-refractivity contribution >= 4 is 43.4 Å². The minimum atomic E-state index is 1.18. The summed E-state index contributed by atoms with van der Waals surface area (Å²) in [6.45, 7) is 0. The molecular weight excluding hydrogens is 542 g/mol. The highest BCUT2D eigenvalue weighted by Gasteiger charge is 2.21. The molecule has 0 fully saturated rings. The lowest BCUT2D eigenvalue weighted by molar-refractivity contribution is 1.18. The molecule has 10 rings (SSSR count). The van der Waals surface area contributed by atoms with Crippen LogP contribution in [-0.2, 0) is 0 Å². The van der Waals surface area contributed by atoms with Crippen LogP contribution in [0.1, 0.15) is 0 Å². The summed E-state index contributed by atoms with van der Waals surface area (Å²) in [5, 5.41) is 7.81. The van der Waals surface area contributed by atoms with E-state index in [-0.39, 0.29) is 0 Å². The molecule has 0 spiro atoms. The molecule has 1 heteroatoms. The highest BCUT2D eigenvalue weighted by atomic mass is 15.0. The monoisotopic (exact) mass is 569 g/mol. The van der Waals surface area contributed by atoms with Crippen LogP contribution < -0.4 is 0 Å². The second kappa shape index (κ2) is 9.29. The van der Waals surface area contributed by atoms with E-state index in [0.717, 1.165) is 0 Å². The van der Waals surface area contributed by atoms with Crippen LogP contribution in [0.2, 0.25) is 0 Å². The normalized spacial score (nSPS) is 12.0. The maximum Gasteiger partial charge on any atom is 0.0547 e. The van der Waals surface area contributed by atoms with E-state index in [1.807, 2.05) is 0 Å². The number of hydrogen-bond acceptors (Lipinski definition) is 0. The molecule has 8 aromatic carbocycles. The van der Waals surface area contributed by atoms with Gasteiger partial charge in [0.05, 0.1) is 11.0 Å². The third-order valence-electron chi connectivity index (χ3n) is 9.70. The largest absolute Gasteiger partial charge is 0.309 e. The Hall–Kier alpha value is -5.92. The Kier molecular flexibility index (Phi) is 5.06. The minimum absolute atomic E-state index is 1.18. The Balaban J connectivity index is 1.07. The van der Waals surface area contributed by atoms with Crippen molar-refractivity contribution in [2.75, 3.05) is 0 Å². The summed E-state index contributed by atoms with van der Waals surface area (Å²) in [5.41, 5.74) is 14.0. The summed E-state index contributed by atoms with van der Waals surface area (Å²) in [6.07, 6.45) is 0. The van der Waals surface area contributed by atoms with Crippen LogP contribution in [-0.4, -0.2) is 4.57 Å². The van der Waals surface area contributed by atoms with Gasteiger partial charge in [-0.3, -0.25) is 0 Å². The van der Waals surface area contributed by atoms with E-state index < -0.39 is 0 Å². The van der Waals surface area contributed by atoms with Gasteiger partial charge in [-0.1, -0.05) is 121 Å². The quantitative estimate of drug-likeness (QED) is 0.199. The smallest absolute Gasteiger partial charge is 0.0547 e. The van der Waals surface area contributed by atoms with Crippen molar-refractivity contribution in [3.05, 3.63) is 164 Å². The molecule has 0 saturated heterocycles. The summed E-state index contributed by atoms with van der Waals surface area (Å²) in [7, 11) is 0. The standard InChI is InChI=1S/C44H27N/c1-2-10-34(11-3-1)45-41-16-7-6-14-39(41)44-35-23-21-30(25-31(35)22-24-42(44)45)28-17-19-29(20-18-28)33-26-32-9-8-15-38-36-12-4-5-13-37(36)40(27-33)43(32)38/h1-27H. The molecule has 208 valence electrons. The Bertz CT molecular complexity index is 2620. The van der Waals surface area contributed by atoms with Gasteiger partial charge in [0.25, 0.3) is 0 Å². The van der Waals surface area contributed by atoms with E-state index in [4.69, 9.17) is 0 Å². The average molecular weight is 570 g/mol. The van der Waals surface area contributed by atoms with E-state index >= 15 is 0 Å². The number of aromatic nitrogens is 1. The zero-order valence-corrected chi connectivity index (χ0v) is 24.5. The number of nitrogens with zero attached hydrogens (tertiary/aromatic N) is 1. The molecule has 0 unspecified atom stereocenters. The predicted octanol–water partition coefficient (Wildman–Crippen LogP) is 12.1. The maximum atomic E-state index is 2.38. The van der Waals surface area contributed by atoms with E-state index in [9.17, 15) is 0 Å². The molecule has 0 amide bonds. The van der Waals surface area contributed by atoms with Crippen molar-refractivity contribution in [3.8, 4) is 50.2 Å². The molecule has 0 atom stereocenters. The molecule has 0 saturated carbocycles. The Morgan fingerprint density at radius 3 is 1.82 bits per heavy atom. The van der Waals surface area contributed by atoms with Crippen LogP contribution in [0.3, 0.4) is 0 Å². The Morgan fingerprint density at radius 1 is 0.311 bits per heavy atom. The highest BCUT2D eigenvalue weighted by molar-refractivity contribution is 6.21. The summed E-state index contributed by atoms with van der Waals surface area (Å²) >= 11 is 0. The van der Waals surface area contributed by atoms with Gasteiger partial charge < -0.3 is 4.57 Å². The number of fused-ring (bicyclic) bond motifs is 8. The molecule has 0 bridgehead atoms. The molecule has 9 aromatic rings. The molecule has 0 aliphatic heterocycles. The minimum Gasteiger partial charge on any atom is -0.309 e. The van der Waals surface area contributed by atoms with Crippen LogP contribution in [0.15, 0.2) is 164 Å². The molecule has 1 aliphatic rings. The van der Waals surface area contributed by atoms with Gasteiger partial charge in [0.15, 0.2) is 0 Å². The van der Waals surface area contributed by atoms with E-state index in [2.05, 4.69) is 168 Å². The van der Waals surface area contributed by atoms with Crippen molar-refractivity contribution in [1.82, 2.24) is 4.57 Å². The van der Waals surface area contributed by atoms with Gasteiger partial charge in [0.1, 0.15) is 0 Å². The van der Waals surface area contributed by atoms with Gasteiger partial charge in [-0.25, -0.2) is 0 Å². The first kappa shape index (κ1) is 24.5. The van der Waals surface area contributed by atoms with Crippen molar-refractivity contribution in [2.45, 2.75) is 0 Å². The fraction of sp³-hybridized carbons (Fsp3) is 0. The van der Waals surface area contributed by atoms with Gasteiger partial charge in [-0.15, -0.1) is 0 Å². The molecule has 0 radical (unpaired) electrons. The second-order valence-electron chi connectivity index (χ2n) is 12.1. The molecular formula is C44H27N. The van der Waals surface area contributed by atoms with Crippen LogP contribution >= 0.6 is 0 Å². The zero-order valence-electron chi connectivity index (χ0n) is 24.5. The maximum absolute atomic E-state index is 2.38. The fourth-order valence-electron chi connectivity index (χ4n) is 7.67. The van der Waals surface area contributed by atoms with Gasteiger partial charge >= 0.3 is 0 Å². The van der Waals surface area contributed by atoms with Gasteiger partial charge in [-0.2, -0.15) is 0 Å². The number of rotatable bonds is 3. The zero-order chi connectivity index (χ0) is 29.5.